The lowest BCUT2D eigenvalue weighted by atomic mass is 9.94. The highest BCUT2D eigenvalue weighted by molar-refractivity contribution is 9.10. The van der Waals surface area contributed by atoms with E-state index in [-0.39, 0.29) is 6.10 Å². The fourth-order valence-electron chi connectivity index (χ4n) is 1.75. The summed E-state index contributed by atoms with van der Waals surface area (Å²) in [5.74, 6) is 0. The Morgan fingerprint density at radius 1 is 1.59 bits per heavy atom. The van der Waals surface area contributed by atoms with Gasteiger partial charge in [-0.25, -0.2) is 0 Å². The number of aliphatic hydroxyl groups is 1. The Hall–Kier alpha value is -0.390. The molecule has 1 aromatic heterocycles. The topological polar surface area (TPSA) is 47.3 Å². The molecule has 0 saturated carbocycles. The van der Waals surface area contributed by atoms with Crippen molar-refractivity contribution < 1.29 is 9.84 Å². The van der Waals surface area contributed by atoms with Gasteiger partial charge in [0.1, 0.15) is 0 Å². The van der Waals surface area contributed by atoms with E-state index in [4.69, 9.17) is 4.74 Å². The summed E-state index contributed by atoms with van der Waals surface area (Å²) in [7, 11) is 3.50. The summed E-state index contributed by atoms with van der Waals surface area (Å²) < 4.78 is 8.02. The van der Waals surface area contributed by atoms with Crippen LogP contribution in [0.3, 0.4) is 0 Å². The first kappa shape index (κ1) is 14.7. The average Bonchev–Trinajstić information content (AvgIpc) is 2.54. The van der Waals surface area contributed by atoms with Gasteiger partial charge in [-0.2, -0.15) is 5.10 Å². The molecule has 0 fully saturated rings. The number of methoxy groups -OCH3 is 1. The van der Waals surface area contributed by atoms with E-state index in [1.165, 1.54) is 0 Å². The molecule has 0 aliphatic rings. The molecule has 0 spiro atoms. The van der Waals surface area contributed by atoms with Gasteiger partial charge in [0.15, 0.2) is 0 Å². The molecule has 0 aliphatic carbocycles. The van der Waals surface area contributed by atoms with Gasteiger partial charge in [0.25, 0.3) is 0 Å². The zero-order valence-corrected chi connectivity index (χ0v) is 12.7. The average molecular weight is 305 g/mol. The van der Waals surface area contributed by atoms with Crippen LogP contribution in [0.15, 0.2) is 4.47 Å². The second-order valence-corrected chi connectivity index (χ2v) is 5.39. The summed E-state index contributed by atoms with van der Waals surface area (Å²) >= 11 is 3.55. The molecule has 1 heterocycles. The van der Waals surface area contributed by atoms with Crippen LogP contribution >= 0.6 is 15.9 Å². The van der Waals surface area contributed by atoms with Crippen LogP contribution < -0.4 is 0 Å². The normalized spacial score (nSPS) is 16.9. The Bertz CT molecular complexity index is 388. The summed E-state index contributed by atoms with van der Waals surface area (Å²) in [6.45, 7) is 5.71. The van der Waals surface area contributed by atoms with Gasteiger partial charge in [0, 0.05) is 20.6 Å². The lowest BCUT2D eigenvalue weighted by molar-refractivity contribution is -0.0725. The minimum absolute atomic E-state index is 0.227. The minimum Gasteiger partial charge on any atom is -0.387 e. The largest absolute Gasteiger partial charge is 0.387 e. The lowest BCUT2D eigenvalue weighted by Gasteiger charge is -2.29. The van der Waals surface area contributed by atoms with Crippen molar-refractivity contribution in [2.75, 3.05) is 7.11 Å². The van der Waals surface area contributed by atoms with Crippen molar-refractivity contribution in [1.82, 2.24) is 9.78 Å². The number of rotatable bonds is 5. The molecule has 17 heavy (non-hydrogen) atoms. The molecule has 1 aromatic rings. The predicted molar refractivity (Wildman–Crippen MR) is 71.1 cm³/mol. The molecule has 4 nitrogen and oxygen atoms in total. The maximum atomic E-state index is 10.4. The van der Waals surface area contributed by atoms with Crippen molar-refractivity contribution >= 4 is 15.9 Å². The summed E-state index contributed by atoms with van der Waals surface area (Å²) in [6.07, 6.45) is 1.15. The zero-order chi connectivity index (χ0) is 13.2. The second kappa shape index (κ2) is 5.50. The third-order valence-electron chi connectivity index (χ3n) is 3.26. The predicted octanol–water partition coefficient (Wildman–Crippen LogP) is 2.07. The van der Waals surface area contributed by atoms with E-state index in [0.717, 1.165) is 22.3 Å². The summed E-state index contributed by atoms with van der Waals surface area (Å²) in [6, 6.07) is 0. The molecular weight excluding hydrogens is 284 g/mol. The van der Waals surface area contributed by atoms with Crippen LogP contribution in [0.2, 0.25) is 0 Å². The first-order valence-corrected chi connectivity index (χ1v) is 6.58. The minimum atomic E-state index is -0.907. The smallest absolute Gasteiger partial charge is 0.0932 e. The molecule has 5 heteroatoms. The van der Waals surface area contributed by atoms with E-state index < -0.39 is 5.60 Å². The molecule has 0 saturated heterocycles. The van der Waals surface area contributed by atoms with Gasteiger partial charge in [0.05, 0.1) is 27.6 Å². The Balaban J connectivity index is 2.99. The number of aromatic nitrogens is 2. The maximum absolute atomic E-state index is 10.4. The van der Waals surface area contributed by atoms with E-state index in [1.54, 1.807) is 14.0 Å². The van der Waals surface area contributed by atoms with Gasteiger partial charge < -0.3 is 9.84 Å². The van der Waals surface area contributed by atoms with Crippen molar-refractivity contribution in [3.8, 4) is 0 Å². The fraction of sp³-hybridized carbons (Fsp3) is 0.750. The lowest BCUT2D eigenvalue weighted by Crippen LogP contribution is -2.41. The van der Waals surface area contributed by atoms with E-state index in [9.17, 15) is 5.11 Å². The van der Waals surface area contributed by atoms with Crippen LogP contribution in [0.5, 0.6) is 0 Å². The molecule has 0 bridgehead atoms. The van der Waals surface area contributed by atoms with Crippen molar-refractivity contribution in [3.63, 3.8) is 0 Å². The number of aryl methyl sites for hydroxylation is 2. The molecule has 2 unspecified atom stereocenters. The molecule has 0 amide bonds. The van der Waals surface area contributed by atoms with Gasteiger partial charge in [-0.3, -0.25) is 4.68 Å². The van der Waals surface area contributed by atoms with Gasteiger partial charge in [-0.05, 0) is 36.2 Å². The maximum Gasteiger partial charge on any atom is 0.0932 e. The highest BCUT2D eigenvalue weighted by atomic mass is 79.9. The SMILES string of the molecule is CCc1nn(C)c(CC(C)(O)C(C)OC)c1Br. The zero-order valence-electron chi connectivity index (χ0n) is 11.1. The van der Waals surface area contributed by atoms with Crippen molar-refractivity contribution in [2.45, 2.75) is 45.3 Å². The molecule has 0 aromatic carbocycles. The highest BCUT2D eigenvalue weighted by Gasteiger charge is 2.31. The quantitative estimate of drug-likeness (QED) is 0.906. The Morgan fingerprint density at radius 3 is 2.59 bits per heavy atom. The number of halogens is 1. The second-order valence-electron chi connectivity index (χ2n) is 4.60. The van der Waals surface area contributed by atoms with E-state index in [0.29, 0.717) is 6.42 Å². The third-order valence-corrected chi connectivity index (χ3v) is 4.17. The first-order chi connectivity index (χ1) is 7.83. The summed E-state index contributed by atoms with van der Waals surface area (Å²) in [5, 5.41) is 14.8. The number of nitrogens with zero attached hydrogens (tertiary/aromatic N) is 2. The number of hydrogen-bond donors (Lipinski definition) is 1. The van der Waals surface area contributed by atoms with Crippen LogP contribution in [-0.2, 0) is 24.6 Å². The third kappa shape index (κ3) is 3.09. The van der Waals surface area contributed by atoms with Crippen LogP contribution in [-0.4, -0.2) is 33.7 Å². The van der Waals surface area contributed by atoms with Crippen molar-refractivity contribution in [1.29, 1.82) is 0 Å². The van der Waals surface area contributed by atoms with Gasteiger partial charge in [-0.1, -0.05) is 6.92 Å². The van der Waals surface area contributed by atoms with Crippen LogP contribution in [0.1, 0.15) is 32.2 Å². The monoisotopic (exact) mass is 304 g/mol. The van der Waals surface area contributed by atoms with Crippen molar-refractivity contribution in [2.24, 2.45) is 7.05 Å². The van der Waals surface area contributed by atoms with E-state index in [1.807, 2.05) is 18.7 Å². The molecule has 98 valence electrons. The fourth-order valence-corrected chi connectivity index (χ4v) is 2.50. The standard InChI is InChI=1S/C12H21BrN2O2/c1-6-9-11(13)10(15(4)14-9)7-12(3,16)8(2)17-5/h8,16H,6-7H2,1-5H3. The Labute approximate surface area is 111 Å². The summed E-state index contributed by atoms with van der Waals surface area (Å²) in [5.41, 5.74) is 1.11. The Morgan fingerprint density at radius 2 is 2.18 bits per heavy atom. The van der Waals surface area contributed by atoms with Gasteiger partial charge >= 0.3 is 0 Å². The van der Waals surface area contributed by atoms with Crippen LogP contribution in [0.4, 0.5) is 0 Å². The first-order valence-electron chi connectivity index (χ1n) is 5.78. The van der Waals surface area contributed by atoms with Gasteiger partial charge in [0.2, 0.25) is 0 Å². The van der Waals surface area contributed by atoms with E-state index in [2.05, 4.69) is 28.0 Å². The molecule has 2 atom stereocenters. The van der Waals surface area contributed by atoms with E-state index >= 15 is 0 Å². The number of ether oxygens (including phenoxy) is 1. The molecule has 1 rings (SSSR count). The highest BCUT2D eigenvalue weighted by Crippen LogP contribution is 2.27. The summed E-state index contributed by atoms with van der Waals surface area (Å²) in [4.78, 5) is 0. The van der Waals surface area contributed by atoms with Crippen LogP contribution in [0, 0.1) is 0 Å². The molecule has 0 aliphatic heterocycles. The Kier molecular flexibility index (Phi) is 4.75. The van der Waals surface area contributed by atoms with Crippen LogP contribution in [0.25, 0.3) is 0 Å². The molecule has 1 N–H and O–H groups in total. The molecular formula is C12H21BrN2O2. The van der Waals surface area contributed by atoms with Crippen molar-refractivity contribution in [3.05, 3.63) is 15.9 Å². The van der Waals surface area contributed by atoms with Gasteiger partial charge in [-0.15, -0.1) is 0 Å². The number of hydrogen-bond acceptors (Lipinski definition) is 3. The molecule has 0 radical (unpaired) electrons.